The fourth-order valence-corrected chi connectivity index (χ4v) is 3.02. The van der Waals surface area contributed by atoms with Gasteiger partial charge >= 0.3 is 0 Å². The summed E-state index contributed by atoms with van der Waals surface area (Å²) in [7, 11) is 1.66. The molecule has 1 aromatic heterocycles. The van der Waals surface area contributed by atoms with Crippen molar-refractivity contribution in [2.45, 2.75) is 26.7 Å². The summed E-state index contributed by atoms with van der Waals surface area (Å²) in [6.07, 6.45) is 1.32. The molecule has 0 saturated heterocycles. The van der Waals surface area contributed by atoms with Gasteiger partial charge in [-0.05, 0) is 18.1 Å². The maximum atomic E-state index is 11.6. The van der Waals surface area contributed by atoms with Gasteiger partial charge in [-0.25, -0.2) is 4.98 Å². The first-order valence-electron chi connectivity index (χ1n) is 7.44. The van der Waals surface area contributed by atoms with E-state index in [-0.39, 0.29) is 5.91 Å². The zero-order chi connectivity index (χ0) is 15.9. The maximum Gasteiger partial charge on any atom is 0.220 e. The summed E-state index contributed by atoms with van der Waals surface area (Å²) in [6, 6.07) is 7.86. The predicted molar refractivity (Wildman–Crippen MR) is 90.3 cm³/mol. The number of thiazole rings is 1. The normalized spacial score (nSPS) is 10.7. The minimum Gasteiger partial charge on any atom is -0.496 e. The van der Waals surface area contributed by atoms with E-state index in [1.165, 1.54) is 0 Å². The molecular weight excluding hydrogens is 296 g/mol. The summed E-state index contributed by atoms with van der Waals surface area (Å²) in [5, 5.41) is 5.92. The van der Waals surface area contributed by atoms with Gasteiger partial charge in [-0.2, -0.15) is 0 Å². The molecule has 0 aliphatic rings. The first-order valence-corrected chi connectivity index (χ1v) is 8.32. The maximum absolute atomic E-state index is 11.6. The van der Waals surface area contributed by atoms with Crippen LogP contribution in [0.4, 0.5) is 0 Å². The number of hydrogen-bond donors (Lipinski definition) is 1. The monoisotopic (exact) mass is 318 g/mol. The number of benzene rings is 1. The highest BCUT2D eigenvalue weighted by Gasteiger charge is 2.10. The van der Waals surface area contributed by atoms with Gasteiger partial charge < -0.3 is 10.1 Å². The number of aromatic nitrogens is 1. The lowest BCUT2D eigenvalue weighted by molar-refractivity contribution is -0.121. The van der Waals surface area contributed by atoms with Crippen LogP contribution in [0.3, 0.4) is 0 Å². The molecule has 0 bridgehead atoms. The minimum atomic E-state index is 0.107. The van der Waals surface area contributed by atoms with E-state index >= 15 is 0 Å². The van der Waals surface area contributed by atoms with E-state index in [4.69, 9.17) is 4.74 Å². The number of methoxy groups -OCH3 is 1. The molecular formula is C17H22N2O2S. The van der Waals surface area contributed by atoms with Gasteiger partial charge in [-0.1, -0.05) is 26.0 Å². The van der Waals surface area contributed by atoms with Crippen molar-refractivity contribution in [1.29, 1.82) is 0 Å². The summed E-state index contributed by atoms with van der Waals surface area (Å²) >= 11 is 1.60. The third kappa shape index (κ3) is 4.56. The molecule has 1 amide bonds. The van der Waals surface area contributed by atoms with E-state index in [0.717, 1.165) is 28.4 Å². The van der Waals surface area contributed by atoms with Crippen molar-refractivity contribution in [3.8, 4) is 16.3 Å². The smallest absolute Gasteiger partial charge is 0.220 e. The third-order valence-corrected chi connectivity index (χ3v) is 4.11. The van der Waals surface area contributed by atoms with Crippen molar-refractivity contribution in [2.24, 2.45) is 5.92 Å². The zero-order valence-electron chi connectivity index (χ0n) is 13.3. The largest absolute Gasteiger partial charge is 0.496 e. The number of para-hydroxylation sites is 1. The van der Waals surface area contributed by atoms with Gasteiger partial charge in [0.15, 0.2) is 0 Å². The Bertz CT molecular complexity index is 623. The van der Waals surface area contributed by atoms with Crippen molar-refractivity contribution in [2.75, 3.05) is 13.7 Å². The molecule has 0 fully saturated rings. The number of rotatable bonds is 7. The molecule has 4 nitrogen and oxygen atoms in total. The molecule has 1 heterocycles. The molecule has 0 radical (unpaired) electrons. The lowest BCUT2D eigenvalue weighted by Gasteiger charge is -2.06. The van der Waals surface area contributed by atoms with E-state index in [9.17, 15) is 4.79 Å². The van der Waals surface area contributed by atoms with Crippen molar-refractivity contribution in [1.82, 2.24) is 10.3 Å². The Morgan fingerprint density at radius 2 is 2.14 bits per heavy atom. The quantitative estimate of drug-likeness (QED) is 0.850. The summed E-state index contributed by atoms with van der Waals surface area (Å²) in [5.41, 5.74) is 2.00. The Balaban J connectivity index is 1.93. The molecule has 1 aromatic carbocycles. The average Bonchev–Trinajstić information content (AvgIpc) is 2.95. The average molecular weight is 318 g/mol. The van der Waals surface area contributed by atoms with E-state index in [2.05, 4.69) is 10.3 Å². The summed E-state index contributed by atoms with van der Waals surface area (Å²) in [5.74, 6) is 1.32. The van der Waals surface area contributed by atoms with Crippen LogP contribution in [0.1, 0.15) is 26.0 Å². The van der Waals surface area contributed by atoms with Crippen LogP contribution >= 0.6 is 11.3 Å². The van der Waals surface area contributed by atoms with Crippen molar-refractivity contribution >= 4 is 17.2 Å². The molecule has 1 N–H and O–H groups in total. The van der Waals surface area contributed by atoms with Crippen LogP contribution in [0.15, 0.2) is 29.6 Å². The Kier molecular flexibility index (Phi) is 5.95. The number of hydrogen-bond acceptors (Lipinski definition) is 4. The molecule has 22 heavy (non-hydrogen) atoms. The van der Waals surface area contributed by atoms with Crippen molar-refractivity contribution in [3.63, 3.8) is 0 Å². The number of carbonyl (C=O) groups excluding carboxylic acids is 1. The first kappa shape index (κ1) is 16.5. The van der Waals surface area contributed by atoms with Crippen LogP contribution in [0, 0.1) is 5.92 Å². The number of nitrogens with one attached hydrogen (secondary N) is 1. The van der Waals surface area contributed by atoms with Crippen molar-refractivity contribution in [3.05, 3.63) is 35.3 Å². The second kappa shape index (κ2) is 7.94. The zero-order valence-corrected chi connectivity index (χ0v) is 14.1. The van der Waals surface area contributed by atoms with Crippen LogP contribution in [-0.4, -0.2) is 24.5 Å². The molecule has 0 aliphatic heterocycles. The van der Waals surface area contributed by atoms with Gasteiger partial charge in [-0.15, -0.1) is 11.3 Å². The SMILES string of the molecule is COc1ccccc1-c1nc(CCNC(=O)CC(C)C)cs1. The molecule has 2 aromatic rings. The van der Waals surface area contributed by atoms with Crippen molar-refractivity contribution < 1.29 is 9.53 Å². The first-order chi connectivity index (χ1) is 10.6. The van der Waals surface area contributed by atoms with Crippen LogP contribution in [-0.2, 0) is 11.2 Å². The molecule has 118 valence electrons. The highest BCUT2D eigenvalue weighted by molar-refractivity contribution is 7.13. The van der Waals surface area contributed by atoms with Gasteiger partial charge in [0.05, 0.1) is 18.4 Å². The lowest BCUT2D eigenvalue weighted by atomic mass is 10.1. The third-order valence-electron chi connectivity index (χ3n) is 3.19. The van der Waals surface area contributed by atoms with E-state index in [1.807, 2.05) is 43.5 Å². The van der Waals surface area contributed by atoms with Gasteiger partial charge in [-0.3, -0.25) is 4.79 Å². The highest BCUT2D eigenvalue weighted by Crippen LogP contribution is 2.31. The molecule has 0 atom stereocenters. The Hall–Kier alpha value is -1.88. The Morgan fingerprint density at radius 1 is 1.36 bits per heavy atom. The fraction of sp³-hybridized carbons (Fsp3) is 0.412. The highest BCUT2D eigenvalue weighted by atomic mass is 32.1. The minimum absolute atomic E-state index is 0.107. The van der Waals surface area contributed by atoms with E-state index in [1.54, 1.807) is 18.4 Å². The number of carbonyl (C=O) groups is 1. The molecule has 0 aliphatic carbocycles. The molecule has 2 rings (SSSR count). The number of amides is 1. The number of nitrogens with zero attached hydrogens (tertiary/aromatic N) is 1. The molecule has 5 heteroatoms. The molecule has 0 unspecified atom stereocenters. The number of ether oxygens (including phenoxy) is 1. The topological polar surface area (TPSA) is 51.2 Å². The predicted octanol–water partition coefficient (Wildman–Crippen LogP) is 3.52. The fourth-order valence-electron chi connectivity index (χ4n) is 2.14. The van der Waals surface area contributed by atoms with Crippen LogP contribution in [0.5, 0.6) is 5.75 Å². The van der Waals surface area contributed by atoms with Crippen LogP contribution in [0.25, 0.3) is 10.6 Å². The summed E-state index contributed by atoms with van der Waals surface area (Å²) in [4.78, 5) is 16.2. The van der Waals surface area contributed by atoms with Crippen LogP contribution in [0.2, 0.25) is 0 Å². The Morgan fingerprint density at radius 3 is 2.86 bits per heavy atom. The van der Waals surface area contributed by atoms with Gasteiger partial charge in [0.25, 0.3) is 0 Å². The van der Waals surface area contributed by atoms with Crippen LogP contribution < -0.4 is 10.1 Å². The van der Waals surface area contributed by atoms with Gasteiger partial charge in [0.1, 0.15) is 10.8 Å². The summed E-state index contributed by atoms with van der Waals surface area (Å²) < 4.78 is 5.37. The van der Waals surface area contributed by atoms with E-state index in [0.29, 0.717) is 18.9 Å². The molecule has 0 saturated carbocycles. The molecule has 0 spiro atoms. The van der Waals surface area contributed by atoms with Gasteiger partial charge in [0, 0.05) is 24.8 Å². The second-order valence-corrected chi connectivity index (χ2v) is 6.40. The Labute approximate surface area is 135 Å². The van der Waals surface area contributed by atoms with Gasteiger partial charge in [0.2, 0.25) is 5.91 Å². The standard InChI is InChI=1S/C17H22N2O2S/c1-12(2)10-16(20)18-9-8-13-11-22-17(19-13)14-6-4-5-7-15(14)21-3/h4-7,11-12H,8-10H2,1-3H3,(H,18,20). The van der Waals surface area contributed by atoms with E-state index < -0.39 is 0 Å². The summed E-state index contributed by atoms with van der Waals surface area (Å²) in [6.45, 7) is 4.71. The lowest BCUT2D eigenvalue weighted by Crippen LogP contribution is -2.26. The second-order valence-electron chi connectivity index (χ2n) is 5.54.